The first-order valence-electron chi connectivity index (χ1n) is 10.5. The Morgan fingerprint density at radius 1 is 1.33 bits per heavy atom. The molecule has 7 nitrogen and oxygen atoms in total. The number of ether oxygens (including phenoxy) is 1. The Hall–Kier alpha value is -1.60. The van der Waals surface area contributed by atoms with Gasteiger partial charge in [0.1, 0.15) is 0 Å². The molecule has 0 radical (unpaired) electrons. The Balaban J connectivity index is 1.59. The van der Waals surface area contributed by atoms with Gasteiger partial charge in [-0.25, -0.2) is 4.98 Å². The Bertz CT molecular complexity index is 571. The van der Waals surface area contributed by atoms with E-state index in [4.69, 9.17) is 9.73 Å². The van der Waals surface area contributed by atoms with E-state index in [1.807, 2.05) is 12.5 Å². The summed E-state index contributed by atoms with van der Waals surface area (Å²) in [4.78, 5) is 14.1. The minimum absolute atomic E-state index is 0.453. The van der Waals surface area contributed by atoms with Crippen molar-refractivity contribution in [3.05, 3.63) is 18.7 Å². The van der Waals surface area contributed by atoms with E-state index >= 15 is 0 Å². The summed E-state index contributed by atoms with van der Waals surface area (Å²) in [6.07, 6.45) is 9.72. The highest BCUT2D eigenvalue weighted by Crippen LogP contribution is 2.28. The molecule has 7 heteroatoms. The number of guanidine groups is 1. The first-order chi connectivity index (χ1) is 13.2. The fraction of sp³-hybridized carbons (Fsp3) is 0.800. The summed E-state index contributed by atoms with van der Waals surface area (Å²) >= 11 is 0. The number of hydrogen-bond donors (Lipinski definition) is 1. The summed E-state index contributed by atoms with van der Waals surface area (Å²) in [5.74, 6) is 1.70. The summed E-state index contributed by atoms with van der Waals surface area (Å²) in [6.45, 7) is 11.1. The van der Waals surface area contributed by atoms with Crippen LogP contribution in [0.25, 0.3) is 0 Å². The van der Waals surface area contributed by atoms with Gasteiger partial charge in [0.25, 0.3) is 0 Å². The Kier molecular flexibility index (Phi) is 7.52. The molecule has 1 aliphatic carbocycles. The highest BCUT2D eigenvalue weighted by Gasteiger charge is 2.30. The smallest absolute Gasteiger partial charge is 0.194 e. The zero-order valence-electron chi connectivity index (χ0n) is 17.2. The molecule has 1 saturated carbocycles. The molecule has 2 heterocycles. The van der Waals surface area contributed by atoms with E-state index in [1.165, 1.54) is 19.3 Å². The van der Waals surface area contributed by atoms with Crippen LogP contribution in [-0.4, -0.2) is 84.3 Å². The number of nitrogens with zero attached hydrogens (tertiary/aromatic N) is 5. The number of imidazole rings is 1. The van der Waals surface area contributed by atoms with E-state index in [-0.39, 0.29) is 0 Å². The molecule has 1 aromatic rings. The van der Waals surface area contributed by atoms with Gasteiger partial charge in [0.05, 0.1) is 25.5 Å². The van der Waals surface area contributed by atoms with Gasteiger partial charge >= 0.3 is 0 Å². The Morgan fingerprint density at radius 2 is 2.19 bits per heavy atom. The highest BCUT2D eigenvalue weighted by atomic mass is 16.5. The predicted octanol–water partition coefficient (Wildman–Crippen LogP) is 1.84. The molecular weight excluding hydrogens is 340 g/mol. The van der Waals surface area contributed by atoms with E-state index in [0.717, 1.165) is 57.9 Å². The van der Waals surface area contributed by atoms with Crippen LogP contribution in [0.3, 0.4) is 0 Å². The van der Waals surface area contributed by atoms with Crippen molar-refractivity contribution < 1.29 is 4.74 Å². The summed E-state index contributed by atoms with van der Waals surface area (Å²) < 4.78 is 7.51. The molecule has 2 aliphatic rings. The standard InChI is InChI=1S/C20H36N6O/c1-4-22-20(23-9-12-24(13-14-27-3)18-5-6-18)25-10-7-17(2)19(15-25)26-11-8-21-16-26/h8,11,16-19H,4-7,9-10,12-15H2,1-3H3,(H,22,23). The number of hydrogen-bond acceptors (Lipinski definition) is 4. The van der Waals surface area contributed by atoms with Crippen molar-refractivity contribution in [2.45, 2.75) is 45.2 Å². The molecule has 0 amide bonds. The maximum atomic E-state index is 5.26. The largest absolute Gasteiger partial charge is 0.383 e. The normalized spacial score (nSPS) is 23.9. The van der Waals surface area contributed by atoms with Gasteiger partial charge in [-0.15, -0.1) is 0 Å². The van der Waals surface area contributed by atoms with Crippen LogP contribution in [0, 0.1) is 5.92 Å². The van der Waals surface area contributed by atoms with Crippen molar-refractivity contribution in [3.63, 3.8) is 0 Å². The zero-order chi connectivity index (χ0) is 19.1. The molecule has 1 aromatic heterocycles. The van der Waals surface area contributed by atoms with E-state index in [2.05, 4.69) is 44.7 Å². The van der Waals surface area contributed by atoms with Crippen LogP contribution in [0.15, 0.2) is 23.7 Å². The maximum Gasteiger partial charge on any atom is 0.194 e. The van der Waals surface area contributed by atoms with Crippen molar-refractivity contribution >= 4 is 5.96 Å². The van der Waals surface area contributed by atoms with Gasteiger partial charge in [-0.05, 0) is 32.1 Å². The van der Waals surface area contributed by atoms with Crippen molar-refractivity contribution in [1.82, 2.24) is 24.7 Å². The lowest BCUT2D eigenvalue weighted by Gasteiger charge is -2.39. The summed E-state index contributed by atoms with van der Waals surface area (Å²) in [5, 5.41) is 3.50. The maximum absolute atomic E-state index is 5.26. The molecule has 2 unspecified atom stereocenters. The van der Waals surface area contributed by atoms with Gasteiger partial charge in [-0.1, -0.05) is 6.92 Å². The molecule has 1 saturated heterocycles. The van der Waals surface area contributed by atoms with Gasteiger partial charge < -0.3 is 19.5 Å². The minimum Gasteiger partial charge on any atom is -0.383 e. The molecule has 2 fully saturated rings. The topological polar surface area (TPSA) is 57.9 Å². The van der Waals surface area contributed by atoms with Gasteiger partial charge in [0, 0.05) is 58.3 Å². The summed E-state index contributed by atoms with van der Waals surface area (Å²) in [5.41, 5.74) is 0. The molecule has 152 valence electrons. The lowest BCUT2D eigenvalue weighted by Crippen LogP contribution is -2.49. The molecule has 0 spiro atoms. The second kappa shape index (κ2) is 10.1. The molecule has 2 atom stereocenters. The molecule has 3 rings (SSSR count). The van der Waals surface area contributed by atoms with Gasteiger partial charge in [0.2, 0.25) is 0 Å². The van der Waals surface area contributed by atoms with E-state index < -0.39 is 0 Å². The van der Waals surface area contributed by atoms with E-state index in [1.54, 1.807) is 7.11 Å². The second-order valence-corrected chi connectivity index (χ2v) is 7.78. The number of aromatic nitrogens is 2. The summed E-state index contributed by atoms with van der Waals surface area (Å²) in [7, 11) is 1.78. The van der Waals surface area contributed by atoms with E-state index in [9.17, 15) is 0 Å². The Labute approximate surface area is 163 Å². The molecule has 0 aromatic carbocycles. The van der Waals surface area contributed by atoms with Gasteiger partial charge in [-0.2, -0.15) is 0 Å². The van der Waals surface area contributed by atoms with Crippen LogP contribution in [0.4, 0.5) is 0 Å². The number of likely N-dealkylation sites (tertiary alicyclic amines) is 1. The van der Waals surface area contributed by atoms with Gasteiger partial charge in [0.15, 0.2) is 5.96 Å². The number of rotatable bonds is 9. The molecule has 0 bridgehead atoms. The third-order valence-corrected chi connectivity index (χ3v) is 5.76. The molecule has 1 N–H and O–H groups in total. The third kappa shape index (κ3) is 5.69. The Morgan fingerprint density at radius 3 is 2.85 bits per heavy atom. The third-order valence-electron chi connectivity index (χ3n) is 5.76. The minimum atomic E-state index is 0.453. The average Bonchev–Trinajstić information content (AvgIpc) is 3.38. The fourth-order valence-electron chi connectivity index (χ4n) is 3.93. The molecular formula is C20H36N6O. The van der Waals surface area contributed by atoms with Crippen molar-refractivity contribution in [2.75, 3.05) is 53.0 Å². The summed E-state index contributed by atoms with van der Waals surface area (Å²) in [6, 6.07) is 1.20. The number of piperidine rings is 1. The van der Waals surface area contributed by atoms with Crippen LogP contribution in [-0.2, 0) is 4.74 Å². The monoisotopic (exact) mass is 376 g/mol. The van der Waals surface area contributed by atoms with Crippen molar-refractivity contribution in [2.24, 2.45) is 10.9 Å². The predicted molar refractivity (Wildman–Crippen MR) is 109 cm³/mol. The SMILES string of the molecule is CCNC(=NCCN(CCOC)C1CC1)N1CCC(C)C(n2ccnc2)C1. The van der Waals surface area contributed by atoms with Crippen molar-refractivity contribution in [3.8, 4) is 0 Å². The highest BCUT2D eigenvalue weighted by molar-refractivity contribution is 5.80. The molecule has 1 aliphatic heterocycles. The van der Waals surface area contributed by atoms with Crippen LogP contribution in [0.2, 0.25) is 0 Å². The average molecular weight is 377 g/mol. The lowest BCUT2D eigenvalue weighted by molar-refractivity contribution is 0.145. The van der Waals surface area contributed by atoms with Crippen LogP contribution >= 0.6 is 0 Å². The first-order valence-corrected chi connectivity index (χ1v) is 10.5. The van der Waals surface area contributed by atoms with Crippen LogP contribution in [0.1, 0.15) is 39.2 Å². The van der Waals surface area contributed by atoms with Crippen molar-refractivity contribution in [1.29, 1.82) is 0 Å². The van der Waals surface area contributed by atoms with Crippen LogP contribution < -0.4 is 5.32 Å². The van der Waals surface area contributed by atoms with Gasteiger partial charge in [-0.3, -0.25) is 9.89 Å². The quantitative estimate of drug-likeness (QED) is 0.526. The van der Waals surface area contributed by atoms with Crippen LogP contribution in [0.5, 0.6) is 0 Å². The zero-order valence-corrected chi connectivity index (χ0v) is 17.2. The first kappa shape index (κ1) is 20.1. The number of nitrogens with one attached hydrogen (secondary N) is 1. The fourth-order valence-corrected chi connectivity index (χ4v) is 3.93. The molecule has 27 heavy (non-hydrogen) atoms. The number of aliphatic imine (C=N–C) groups is 1. The number of methoxy groups -OCH3 is 1. The van der Waals surface area contributed by atoms with E-state index in [0.29, 0.717) is 12.0 Å². The second-order valence-electron chi connectivity index (χ2n) is 7.78. The lowest BCUT2D eigenvalue weighted by atomic mass is 9.93.